The molecular weight excluding hydrogens is 282 g/mol. The number of nitrogens with zero attached hydrogens (tertiary/aromatic N) is 3. The summed E-state index contributed by atoms with van der Waals surface area (Å²) in [4.78, 5) is 7.03. The molecule has 0 aliphatic heterocycles. The first-order valence-electron chi connectivity index (χ1n) is 7.03. The molecule has 0 amide bonds. The van der Waals surface area contributed by atoms with Crippen LogP contribution in [-0.2, 0) is 6.54 Å². The van der Waals surface area contributed by atoms with Crippen LogP contribution in [0.15, 0.2) is 28.8 Å². The minimum Gasteiger partial charge on any atom is -0.361 e. The monoisotopic (exact) mass is 301 g/mol. The van der Waals surface area contributed by atoms with Crippen molar-refractivity contribution in [1.29, 1.82) is 0 Å². The minimum absolute atomic E-state index is 0.260. The van der Waals surface area contributed by atoms with Gasteiger partial charge in [0.25, 0.3) is 0 Å². The second-order valence-corrected chi connectivity index (χ2v) is 6.48. The zero-order valence-corrected chi connectivity index (χ0v) is 13.6. The number of hydrogen-bond acceptors (Lipinski definition) is 5. The van der Waals surface area contributed by atoms with Gasteiger partial charge in [0.1, 0.15) is 10.8 Å². The van der Waals surface area contributed by atoms with Gasteiger partial charge >= 0.3 is 0 Å². The van der Waals surface area contributed by atoms with E-state index in [-0.39, 0.29) is 6.04 Å². The first-order valence-corrected chi connectivity index (χ1v) is 7.85. The molecule has 0 spiro atoms. The van der Waals surface area contributed by atoms with Gasteiger partial charge in [0, 0.05) is 12.1 Å². The zero-order valence-electron chi connectivity index (χ0n) is 12.8. The molecule has 1 unspecified atom stereocenters. The Morgan fingerprint density at radius 2 is 2.05 bits per heavy atom. The molecule has 1 aromatic carbocycles. The van der Waals surface area contributed by atoms with E-state index in [0.717, 1.165) is 28.5 Å². The van der Waals surface area contributed by atoms with Crippen molar-refractivity contribution in [2.45, 2.75) is 33.4 Å². The lowest BCUT2D eigenvalue weighted by Gasteiger charge is -2.22. The summed E-state index contributed by atoms with van der Waals surface area (Å²) in [5.41, 5.74) is 3.22. The fraction of sp³-hybridized carbons (Fsp3) is 0.375. The Bertz CT molecular complexity index is 709. The maximum absolute atomic E-state index is 5.24. The smallest absolute Gasteiger partial charge is 0.138 e. The van der Waals surface area contributed by atoms with Crippen LogP contribution < -0.4 is 0 Å². The number of benzene rings is 1. The summed E-state index contributed by atoms with van der Waals surface area (Å²) >= 11 is 1.76. The number of aryl methyl sites for hydroxylation is 2. The number of thiazole rings is 1. The van der Waals surface area contributed by atoms with E-state index in [1.54, 1.807) is 11.3 Å². The van der Waals surface area contributed by atoms with E-state index in [1.807, 2.05) is 19.9 Å². The minimum atomic E-state index is 0.260. The molecule has 3 aromatic rings. The molecular formula is C16H19N3OS. The van der Waals surface area contributed by atoms with Crippen LogP contribution in [0.2, 0.25) is 0 Å². The summed E-state index contributed by atoms with van der Waals surface area (Å²) < 4.78 is 6.48. The fourth-order valence-electron chi connectivity index (χ4n) is 2.37. The van der Waals surface area contributed by atoms with Crippen molar-refractivity contribution < 1.29 is 4.52 Å². The summed E-state index contributed by atoms with van der Waals surface area (Å²) in [6.45, 7) is 6.96. The third-order valence-corrected chi connectivity index (χ3v) is 5.12. The Labute approximate surface area is 128 Å². The molecule has 21 heavy (non-hydrogen) atoms. The molecule has 0 N–H and O–H groups in total. The Morgan fingerprint density at radius 1 is 1.29 bits per heavy atom. The van der Waals surface area contributed by atoms with Crippen molar-refractivity contribution in [3.05, 3.63) is 46.3 Å². The SMILES string of the molecule is Cc1noc(C)c1CN(C)C(C)c1nc2ccccc2s1. The molecule has 0 aliphatic rings. The number of fused-ring (bicyclic) bond motifs is 1. The first kappa shape index (κ1) is 14.2. The first-order chi connectivity index (χ1) is 10.1. The van der Waals surface area contributed by atoms with E-state index in [2.05, 4.69) is 42.2 Å². The van der Waals surface area contributed by atoms with Gasteiger partial charge in [0.2, 0.25) is 0 Å². The van der Waals surface area contributed by atoms with Crippen LogP contribution in [-0.4, -0.2) is 22.1 Å². The zero-order chi connectivity index (χ0) is 15.0. The quantitative estimate of drug-likeness (QED) is 0.728. The third kappa shape index (κ3) is 2.71. The average molecular weight is 301 g/mol. The van der Waals surface area contributed by atoms with Crippen molar-refractivity contribution >= 4 is 21.6 Å². The van der Waals surface area contributed by atoms with E-state index in [0.29, 0.717) is 0 Å². The molecule has 0 saturated heterocycles. The van der Waals surface area contributed by atoms with E-state index < -0.39 is 0 Å². The predicted octanol–water partition coefficient (Wildman–Crippen LogP) is 4.09. The standard InChI is InChI=1S/C16H19N3OS/c1-10-13(12(3)20-18-10)9-19(4)11(2)16-17-14-7-5-6-8-15(14)21-16/h5-8,11H,9H2,1-4H3. The van der Waals surface area contributed by atoms with E-state index in [9.17, 15) is 0 Å². The van der Waals surface area contributed by atoms with Gasteiger partial charge in [-0.1, -0.05) is 17.3 Å². The van der Waals surface area contributed by atoms with Crippen LogP contribution in [0.1, 0.15) is 35.0 Å². The van der Waals surface area contributed by atoms with Gasteiger partial charge in [-0.25, -0.2) is 4.98 Å². The highest BCUT2D eigenvalue weighted by atomic mass is 32.1. The Balaban J connectivity index is 1.82. The molecule has 2 aromatic heterocycles. The van der Waals surface area contributed by atoms with Gasteiger partial charge in [0.05, 0.1) is 22.0 Å². The van der Waals surface area contributed by atoms with Crippen molar-refractivity contribution in [2.24, 2.45) is 0 Å². The summed E-state index contributed by atoms with van der Waals surface area (Å²) in [6, 6.07) is 8.54. The van der Waals surface area contributed by atoms with Gasteiger partial charge < -0.3 is 4.52 Å². The van der Waals surface area contributed by atoms with Gasteiger partial charge in [-0.3, -0.25) is 4.90 Å². The molecule has 0 saturated carbocycles. The van der Waals surface area contributed by atoms with Gasteiger partial charge in [-0.2, -0.15) is 0 Å². The van der Waals surface area contributed by atoms with Crippen LogP contribution in [0.5, 0.6) is 0 Å². The summed E-state index contributed by atoms with van der Waals surface area (Å²) in [7, 11) is 2.11. The maximum Gasteiger partial charge on any atom is 0.138 e. The number of hydrogen-bond donors (Lipinski definition) is 0. The molecule has 4 nitrogen and oxygen atoms in total. The van der Waals surface area contributed by atoms with E-state index in [4.69, 9.17) is 9.51 Å². The largest absolute Gasteiger partial charge is 0.361 e. The normalized spacial score (nSPS) is 13.2. The molecule has 0 aliphatic carbocycles. The molecule has 5 heteroatoms. The lowest BCUT2D eigenvalue weighted by atomic mass is 10.2. The Kier molecular flexibility index (Phi) is 3.78. The van der Waals surface area contributed by atoms with Crippen LogP contribution in [0, 0.1) is 13.8 Å². The number of aromatic nitrogens is 2. The molecule has 0 fully saturated rings. The van der Waals surface area contributed by atoms with Crippen LogP contribution >= 0.6 is 11.3 Å². The Hall–Kier alpha value is -1.72. The summed E-state index contributed by atoms with van der Waals surface area (Å²) in [5.74, 6) is 0.899. The molecule has 2 heterocycles. The van der Waals surface area contributed by atoms with Gasteiger partial charge in [-0.05, 0) is 40.0 Å². The average Bonchev–Trinajstić information content (AvgIpc) is 3.04. The molecule has 0 bridgehead atoms. The predicted molar refractivity (Wildman–Crippen MR) is 85.5 cm³/mol. The van der Waals surface area contributed by atoms with Crippen LogP contribution in [0.3, 0.4) is 0 Å². The van der Waals surface area contributed by atoms with Crippen molar-refractivity contribution in [1.82, 2.24) is 15.0 Å². The molecule has 110 valence electrons. The lowest BCUT2D eigenvalue weighted by Crippen LogP contribution is -2.22. The number of rotatable bonds is 4. The van der Waals surface area contributed by atoms with Crippen molar-refractivity contribution in [2.75, 3.05) is 7.05 Å². The fourth-order valence-corrected chi connectivity index (χ4v) is 3.46. The highest BCUT2D eigenvalue weighted by molar-refractivity contribution is 7.18. The topological polar surface area (TPSA) is 42.2 Å². The van der Waals surface area contributed by atoms with E-state index in [1.165, 1.54) is 10.3 Å². The third-order valence-electron chi connectivity index (χ3n) is 3.92. The lowest BCUT2D eigenvalue weighted by molar-refractivity contribution is 0.250. The van der Waals surface area contributed by atoms with Crippen molar-refractivity contribution in [3.63, 3.8) is 0 Å². The van der Waals surface area contributed by atoms with Gasteiger partial charge in [0.15, 0.2) is 0 Å². The molecule has 1 atom stereocenters. The molecule has 0 radical (unpaired) electrons. The highest BCUT2D eigenvalue weighted by Gasteiger charge is 2.19. The summed E-state index contributed by atoms with van der Waals surface area (Å²) in [6.07, 6.45) is 0. The van der Waals surface area contributed by atoms with Crippen molar-refractivity contribution in [3.8, 4) is 0 Å². The van der Waals surface area contributed by atoms with Crippen LogP contribution in [0.25, 0.3) is 10.2 Å². The second-order valence-electron chi connectivity index (χ2n) is 5.41. The van der Waals surface area contributed by atoms with Crippen LogP contribution in [0.4, 0.5) is 0 Å². The highest BCUT2D eigenvalue weighted by Crippen LogP contribution is 2.30. The number of para-hydroxylation sites is 1. The maximum atomic E-state index is 5.24. The van der Waals surface area contributed by atoms with Gasteiger partial charge in [-0.15, -0.1) is 11.3 Å². The van der Waals surface area contributed by atoms with E-state index >= 15 is 0 Å². The Morgan fingerprint density at radius 3 is 2.71 bits per heavy atom. The second kappa shape index (κ2) is 5.58. The molecule has 3 rings (SSSR count). The summed E-state index contributed by atoms with van der Waals surface area (Å²) in [5, 5.41) is 5.17.